The summed E-state index contributed by atoms with van der Waals surface area (Å²) < 4.78 is 7.27. The first kappa shape index (κ1) is 19.5. The number of halogens is 1. The monoisotopic (exact) mass is 427 g/mol. The maximum atomic E-state index is 11.3. The van der Waals surface area contributed by atoms with E-state index in [0.717, 1.165) is 22.0 Å². The normalized spacial score (nSPS) is 11.2. The lowest BCUT2D eigenvalue weighted by molar-refractivity contribution is -0.118. The summed E-state index contributed by atoms with van der Waals surface area (Å²) in [6.07, 6.45) is 1.74. The highest BCUT2D eigenvalue weighted by molar-refractivity contribution is 7.98. The second kappa shape index (κ2) is 8.26. The highest BCUT2D eigenvalue weighted by Crippen LogP contribution is 2.30. The highest BCUT2D eigenvalue weighted by atomic mass is 35.5. The van der Waals surface area contributed by atoms with Gasteiger partial charge in [-0.25, -0.2) is 4.98 Å². The summed E-state index contributed by atoms with van der Waals surface area (Å²) in [5.41, 5.74) is 8.23. The summed E-state index contributed by atoms with van der Waals surface area (Å²) in [6, 6.07) is 11.7. The molecule has 0 atom stereocenters. The van der Waals surface area contributed by atoms with Crippen LogP contribution in [0.2, 0.25) is 5.15 Å². The number of furan rings is 1. The van der Waals surface area contributed by atoms with Crippen LogP contribution in [0.3, 0.4) is 0 Å². The van der Waals surface area contributed by atoms with E-state index < -0.39 is 5.91 Å². The zero-order valence-corrected chi connectivity index (χ0v) is 17.2. The van der Waals surface area contributed by atoms with Crippen molar-refractivity contribution in [2.75, 3.05) is 0 Å². The summed E-state index contributed by atoms with van der Waals surface area (Å²) in [5, 5.41) is 10.6. The SMILES string of the molecule is Cc1ccc2cc(CSc3nnc(-c4ccco4)n3CCC(N)=O)c(Cl)nc2c1. The minimum atomic E-state index is -0.392. The Balaban J connectivity index is 1.61. The van der Waals surface area contributed by atoms with Gasteiger partial charge in [0.1, 0.15) is 5.15 Å². The molecule has 0 bridgehead atoms. The average molecular weight is 428 g/mol. The van der Waals surface area contributed by atoms with Gasteiger partial charge < -0.3 is 10.2 Å². The molecule has 0 saturated heterocycles. The van der Waals surface area contributed by atoms with Gasteiger partial charge in [-0.15, -0.1) is 10.2 Å². The summed E-state index contributed by atoms with van der Waals surface area (Å²) in [7, 11) is 0. The van der Waals surface area contributed by atoms with Crippen molar-refractivity contribution in [2.24, 2.45) is 5.73 Å². The number of rotatable bonds is 7. The maximum Gasteiger partial charge on any atom is 0.219 e. The standard InChI is InChI=1S/C20H18ClN5O2S/c1-12-4-5-13-10-14(18(21)23-15(13)9-12)11-29-20-25-24-19(16-3-2-8-28-16)26(20)7-6-17(22)27/h2-5,8-10H,6-7,11H2,1H3,(H2,22,27). The molecule has 9 heteroatoms. The molecule has 4 rings (SSSR count). The lowest BCUT2D eigenvalue weighted by atomic mass is 10.1. The van der Waals surface area contributed by atoms with E-state index in [9.17, 15) is 4.79 Å². The summed E-state index contributed by atoms with van der Waals surface area (Å²) in [5.74, 6) is 1.30. The van der Waals surface area contributed by atoms with Crippen LogP contribution in [0.4, 0.5) is 0 Å². The van der Waals surface area contributed by atoms with Crippen molar-refractivity contribution < 1.29 is 9.21 Å². The van der Waals surface area contributed by atoms with Crippen molar-refractivity contribution in [1.82, 2.24) is 19.7 Å². The van der Waals surface area contributed by atoms with Gasteiger partial charge >= 0.3 is 0 Å². The second-order valence-electron chi connectivity index (χ2n) is 6.57. The molecule has 3 aromatic heterocycles. The lowest BCUT2D eigenvalue weighted by Gasteiger charge is -2.09. The van der Waals surface area contributed by atoms with E-state index in [1.807, 2.05) is 35.8 Å². The number of fused-ring (bicyclic) bond motifs is 1. The maximum absolute atomic E-state index is 11.3. The Labute approximate surface area is 176 Å². The zero-order chi connectivity index (χ0) is 20.4. The fraction of sp³-hybridized carbons (Fsp3) is 0.200. The molecule has 1 aromatic carbocycles. The zero-order valence-electron chi connectivity index (χ0n) is 15.6. The Morgan fingerprint density at radius 3 is 2.90 bits per heavy atom. The van der Waals surface area contributed by atoms with E-state index in [4.69, 9.17) is 21.8 Å². The summed E-state index contributed by atoms with van der Waals surface area (Å²) in [4.78, 5) is 15.8. The van der Waals surface area contributed by atoms with E-state index in [0.29, 0.717) is 34.2 Å². The molecule has 0 aliphatic rings. The lowest BCUT2D eigenvalue weighted by Crippen LogP contribution is -2.15. The molecule has 0 saturated carbocycles. The third-order valence-corrected chi connectivity index (χ3v) is 5.74. The van der Waals surface area contributed by atoms with Gasteiger partial charge in [-0.3, -0.25) is 9.36 Å². The molecule has 148 valence electrons. The third-order valence-electron chi connectivity index (χ3n) is 4.40. The van der Waals surface area contributed by atoms with Gasteiger partial charge in [0.2, 0.25) is 5.91 Å². The van der Waals surface area contributed by atoms with Crippen LogP contribution in [0.5, 0.6) is 0 Å². The number of nitrogens with two attached hydrogens (primary N) is 1. The number of nitrogens with zero attached hydrogens (tertiary/aromatic N) is 4. The van der Waals surface area contributed by atoms with Crippen molar-refractivity contribution in [1.29, 1.82) is 0 Å². The quantitative estimate of drug-likeness (QED) is 0.350. The van der Waals surface area contributed by atoms with Crippen molar-refractivity contribution >= 4 is 40.2 Å². The number of amides is 1. The molecular weight excluding hydrogens is 410 g/mol. The molecular formula is C20H18ClN5O2S. The largest absolute Gasteiger partial charge is 0.461 e. The van der Waals surface area contributed by atoms with E-state index in [1.54, 1.807) is 18.4 Å². The van der Waals surface area contributed by atoms with Crippen LogP contribution in [-0.4, -0.2) is 25.7 Å². The number of pyridine rings is 1. The van der Waals surface area contributed by atoms with Gasteiger partial charge in [-0.05, 0) is 36.8 Å². The van der Waals surface area contributed by atoms with E-state index in [2.05, 4.69) is 15.2 Å². The Bertz CT molecular complexity index is 1170. The molecule has 2 N–H and O–H groups in total. The molecule has 0 unspecified atom stereocenters. The third kappa shape index (κ3) is 4.28. The molecule has 1 amide bonds. The molecule has 4 aromatic rings. The Morgan fingerprint density at radius 1 is 1.28 bits per heavy atom. The minimum absolute atomic E-state index is 0.178. The van der Waals surface area contributed by atoms with E-state index in [1.165, 1.54) is 11.8 Å². The number of hydrogen-bond acceptors (Lipinski definition) is 6. The van der Waals surface area contributed by atoms with Crippen molar-refractivity contribution in [3.05, 3.63) is 58.9 Å². The van der Waals surface area contributed by atoms with E-state index in [-0.39, 0.29) is 6.42 Å². The predicted molar refractivity (Wildman–Crippen MR) is 113 cm³/mol. The van der Waals surface area contributed by atoms with Crippen LogP contribution in [-0.2, 0) is 17.1 Å². The van der Waals surface area contributed by atoms with Gasteiger partial charge in [0.15, 0.2) is 16.7 Å². The molecule has 0 spiro atoms. The first-order chi connectivity index (χ1) is 14.0. The predicted octanol–water partition coefficient (Wildman–Crippen LogP) is 4.22. The average Bonchev–Trinajstić information content (AvgIpc) is 3.34. The van der Waals surface area contributed by atoms with Gasteiger partial charge in [-0.2, -0.15) is 0 Å². The number of carbonyl (C=O) groups is 1. The highest BCUT2D eigenvalue weighted by Gasteiger charge is 2.17. The molecule has 0 aliphatic carbocycles. The van der Waals surface area contributed by atoms with Crippen LogP contribution in [0, 0.1) is 6.92 Å². The smallest absolute Gasteiger partial charge is 0.219 e. The number of aryl methyl sites for hydroxylation is 1. The van der Waals surface area contributed by atoms with Crippen LogP contribution in [0.25, 0.3) is 22.5 Å². The number of benzene rings is 1. The first-order valence-electron chi connectivity index (χ1n) is 8.95. The van der Waals surface area contributed by atoms with Gasteiger partial charge in [0.05, 0.1) is 11.8 Å². The van der Waals surface area contributed by atoms with Crippen molar-refractivity contribution in [3.63, 3.8) is 0 Å². The van der Waals surface area contributed by atoms with Crippen LogP contribution >= 0.6 is 23.4 Å². The Morgan fingerprint density at radius 2 is 2.14 bits per heavy atom. The van der Waals surface area contributed by atoms with Gasteiger partial charge in [-0.1, -0.05) is 35.5 Å². The van der Waals surface area contributed by atoms with Crippen LogP contribution < -0.4 is 5.73 Å². The minimum Gasteiger partial charge on any atom is -0.461 e. The fourth-order valence-electron chi connectivity index (χ4n) is 2.95. The molecule has 3 heterocycles. The van der Waals surface area contributed by atoms with E-state index >= 15 is 0 Å². The van der Waals surface area contributed by atoms with Crippen LogP contribution in [0.15, 0.2) is 52.2 Å². The molecule has 7 nitrogen and oxygen atoms in total. The van der Waals surface area contributed by atoms with Crippen LogP contribution in [0.1, 0.15) is 17.5 Å². The Kier molecular flexibility index (Phi) is 5.55. The van der Waals surface area contributed by atoms with Gasteiger partial charge in [0, 0.05) is 29.7 Å². The number of thioether (sulfide) groups is 1. The summed E-state index contributed by atoms with van der Waals surface area (Å²) in [6.45, 7) is 2.39. The first-order valence-corrected chi connectivity index (χ1v) is 10.3. The molecule has 29 heavy (non-hydrogen) atoms. The van der Waals surface area contributed by atoms with Crippen molar-refractivity contribution in [2.45, 2.75) is 30.8 Å². The second-order valence-corrected chi connectivity index (χ2v) is 7.88. The number of carbonyl (C=O) groups excluding carboxylic acids is 1. The topological polar surface area (TPSA) is 99.8 Å². The molecule has 0 radical (unpaired) electrons. The number of aromatic nitrogens is 4. The molecule has 0 aliphatic heterocycles. The number of hydrogen-bond donors (Lipinski definition) is 1. The fourth-order valence-corrected chi connectivity index (χ4v) is 4.18. The van der Waals surface area contributed by atoms with Gasteiger partial charge in [0.25, 0.3) is 0 Å². The molecule has 0 fully saturated rings. The Hall–Kier alpha value is -2.84. The summed E-state index contributed by atoms with van der Waals surface area (Å²) >= 11 is 7.87. The number of primary amides is 1. The van der Waals surface area contributed by atoms with Crippen molar-refractivity contribution in [3.8, 4) is 11.6 Å².